The number of rotatable bonds is 3. The van der Waals surface area contributed by atoms with Gasteiger partial charge in [0.05, 0.1) is 0 Å². The molecule has 3 fully saturated rings. The molecule has 1 unspecified atom stereocenters. The van der Waals surface area contributed by atoms with Gasteiger partial charge in [-0.25, -0.2) is 4.98 Å². The van der Waals surface area contributed by atoms with Crippen molar-refractivity contribution in [3.05, 3.63) is 23.9 Å². The number of anilines is 1. The third kappa shape index (κ3) is 3.10. The Morgan fingerprint density at radius 2 is 2.17 bits per heavy atom. The Morgan fingerprint density at radius 1 is 1.29 bits per heavy atom. The van der Waals surface area contributed by atoms with Gasteiger partial charge in [0.2, 0.25) is 5.91 Å². The summed E-state index contributed by atoms with van der Waals surface area (Å²) in [5.74, 6) is 1.99. The van der Waals surface area contributed by atoms with Gasteiger partial charge in [-0.05, 0) is 50.2 Å². The summed E-state index contributed by atoms with van der Waals surface area (Å²) in [6.07, 6.45) is 6.56. The van der Waals surface area contributed by atoms with Crippen LogP contribution < -0.4 is 4.90 Å². The van der Waals surface area contributed by atoms with Gasteiger partial charge in [0, 0.05) is 38.0 Å². The van der Waals surface area contributed by atoms with Crippen LogP contribution in [0.1, 0.15) is 44.2 Å². The molecule has 1 aliphatic carbocycles. The molecule has 1 amide bonds. The van der Waals surface area contributed by atoms with E-state index in [9.17, 15) is 4.79 Å². The Balaban J connectivity index is 1.50. The molecule has 5 heteroatoms. The molecule has 0 aromatic carbocycles. The molecule has 0 N–H and O–H groups in total. The van der Waals surface area contributed by atoms with Gasteiger partial charge in [-0.15, -0.1) is 0 Å². The number of hydrogen-bond acceptors (Lipinski definition) is 4. The summed E-state index contributed by atoms with van der Waals surface area (Å²) in [6, 6.07) is 7.78. The van der Waals surface area contributed by atoms with Gasteiger partial charge in [0.1, 0.15) is 17.6 Å². The van der Waals surface area contributed by atoms with Crippen LogP contribution in [0.2, 0.25) is 0 Å². The summed E-state index contributed by atoms with van der Waals surface area (Å²) >= 11 is 0. The third-order valence-corrected chi connectivity index (χ3v) is 5.76. The molecule has 4 rings (SSSR count). The largest absolute Gasteiger partial charge is 0.356 e. The Bertz CT molecular complexity index is 678. The van der Waals surface area contributed by atoms with E-state index >= 15 is 0 Å². The fourth-order valence-corrected chi connectivity index (χ4v) is 4.28. The van der Waals surface area contributed by atoms with Gasteiger partial charge in [0.15, 0.2) is 0 Å². The summed E-state index contributed by atoms with van der Waals surface area (Å²) in [5.41, 5.74) is 0.673. The van der Waals surface area contributed by atoms with E-state index in [2.05, 4.69) is 20.9 Å². The van der Waals surface area contributed by atoms with E-state index in [0.717, 1.165) is 50.8 Å². The Kier molecular flexibility index (Phi) is 3.91. The lowest BCUT2D eigenvalue weighted by Crippen LogP contribution is -2.54. The molecule has 2 saturated heterocycles. The number of hydrogen-bond donors (Lipinski definition) is 0. The first kappa shape index (κ1) is 15.4. The number of piperidine rings is 2. The van der Waals surface area contributed by atoms with Crippen LogP contribution in [0, 0.1) is 22.7 Å². The molecule has 1 saturated carbocycles. The molecule has 2 aliphatic heterocycles. The average Bonchev–Trinajstić information content (AvgIpc) is 3.43. The highest BCUT2D eigenvalue weighted by Crippen LogP contribution is 2.41. The summed E-state index contributed by atoms with van der Waals surface area (Å²) in [4.78, 5) is 21.2. The van der Waals surface area contributed by atoms with E-state index in [0.29, 0.717) is 18.0 Å². The fourth-order valence-electron chi connectivity index (χ4n) is 4.28. The zero-order valence-electron chi connectivity index (χ0n) is 14.1. The van der Waals surface area contributed by atoms with Crippen molar-refractivity contribution in [2.75, 3.05) is 31.1 Å². The highest BCUT2D eigenvalue weighted by molar-refractivity contribution is 5.77. The molecule has 0 bridgehead atoms. The molecular formula is C19H24N4O. The molecule has 1 aromatic heterocycles. The first-order valence-corrected chi connectivity index (χ1v) is 9.07. The Hall–Kier alpha value is -2.09. The lowest BCUT2D eigenvalue weighted by Gasteiger charge is -2.48. The van der Waals surface area contributed by atoms with Crippen molar-refractivity contribution in [1.82, 2.24) is 9.88 Å². The van der Waals surface area contributed by atoms with Crippen LogP contribution in [0.3, 0.4) is 0 Å². The number of carbonyl (C=O) groups excluding carboxylic acids is 1. The van der Waals surface area contributed by atoms with Crippen LogP contribution in [0.15, 0.2) is 18.2 Å². The highest BCUT2D eigenvalue weighted by atomic mass is 16.2. The van der Waals surface area contributed by atoms with Crippen LogP contribution in [0.25, 0.3) is 0 Å². The van der Waals surface area contributed by atoms with Crippen LogP contribution >= 0.6 is 0 Å². The molecule has 24 heavy (non-hydrogen) atoms. The summed E-state index contributed by atoms with van der Waals surface area (Å²) in [7, 11) is 0. The van der Waals surface area contributed by atoms with Crippen LogP contribution in [0.5, 0.6) is 0 Å². The van der Waals surface area contributed by atoms with E-state index < -0.39 is 0 Å². The van der Waals surface area contributed by atoms with Crippen LogP contribution in [0.4, 0.5) is 5.82 Å². The number of nitrogens with zero attached hydrogens (tertiary/aromatic N) is 4. The predicted octanol–water partition coefficient (Wildman–Crippen LogP) is 2.57. The molecule has 5 nitrogen and oxygen atoms in total. The summed E-state index contributed by atoms with van der Waals surface area (Å²) in [5, 5.41) is 9.08. The first-order valence-electron chi connectivity index (χ1n) is 9.07. The second kappa shape index (κ2) is 6.08. The Morgan fingerprint density at radius 3 is 2.96 bits per heavy atom. The third-order valence-electron chi connectivity index (χ3n) is 5.76. The summed E-state index contributed by atoms with van der Waals surface area (Å²) < 4.78 is 0. The predicted molar refractivity (Wildman–Crippen MR) is 91.4 cm³/mol. The van der Waals surface area contributed by atoms with E-state index in [4.69, 9.17) is 5.26 Å². The molecular weight excluding hydrogens is 300 g/mol. The zero-order chi connectivity index (χ0) is 16.6. The van der Waals surface area contributed by atoms with Crippen molar-refractivity contribution in [2.45, 2.75) is 38.5 Å². The topological polar surface area (TPSA) is 60.2 Å². The van der Waals surface area contributed by atoms with Gasteiger partial charge in [-0.2, -0.15) is 5.26 Å². The lowest BCUT2D eigenvalue weighted by molar-refractivity contribution is -0.138. The Labute approximate surface area is 143 Å². The number of carbonyl (C=O) groups is 1. The molecule has 126 valence electrons. The average molecular weight is 324 g/mol. The maximum atomic E-state index is 12.3. The molecule has 0 radical (unpaired) electrons. The molecule has 1 atom stereocenters. The smallest absolute Gasteiger partial charge is 0.222 e. The number of amides is 1. The monoisotopic (exact) mass is 324 g/mol. The van der Waals surface area contributed by atoms with Crippen molar-refractivity contribution in [2.24, 2.45) is 11.3 Å². The maximum absolute atomic E-state index is 12.3. The quantitative estimate of drug-likeness (QED) is 0.857. The van der Waals surface area contributed by atoms with Crippen molar-refractivity contribution >= 4 is 11.7 Å². The zero-order valence-corrected chi connectivity index (χ0v) is 14.1. The second-order valence-corrected chi connectivity index (χ2v) is 7.74. The van der Waals surface area contributed by atoms with Gasteiger partial charge in [0.25, 0.3) is 0 Å². The number of nitriles is 1. The van der Waals surface area contributed by atoms with Gasteiger partial charge in [-0.1, -0.05) is 6.07 Å². The van der Waals surface area contributed by atoms with Crippen molar-refractivity contribution in [3.63, 3.8) is 0 Å². The normalized spacial score (nSPS) is 27.4. The van der Waals surface area contributed by atoms with Crippen molar-refractivity contribution in [3.8, 4) is 6.07 Å². The van der Waals surface area contributed by atoms with Gasteiger partial charge < -0.3 is 9.80 Å². The minimum atomic E-state index is 0.200. The standard InChI is InChI=1S/C19H24N4O/c20-11-16-3-1-4-17(21-16)22-10-2-8-19(13-22)9-7-18(24)23(14-19)12-15-5-6-15/h1,3-4,15H,2,5-10,12-14H2. The number of likely N-dealkylation sites (tertiary alicyclic amines) is 1. The SMILES string of the molecule is N#Cc1cccc(N2CCCC3(CCC(=O)N(CC4CC4)C3)C2)n1. The molecule has 1 spiro atoms. The first-order chi connectivity index (χ1) is 11.7. The van der Waals surface area contributed by atoms with Crippen molar-refractivity contribution in [1.29, 1.82) is 5.26 Å². The lowest BCUT2D eigenvalue weighted by atomic mass is 9.73. The van der Waals surface area contributed by atoms with Gasteiger partial charge in [-0.3, -0.25) is 4.79 Å². The second-order valence-electron chi connectivity index (χ2n) is 7.74. The van der Waals surface area contributed by atoms with Gasteiger partial charge >= 0.3 is 0 Å². The fraction of sp³-hybridized carbons (Fsp3) is 0.632. The minimum absolute atomic E-state index is 0.200. The maximum Gasteiger partial charge on any atom is 0.222 e. The van der Waals surface area contributed by atoms with E-state index in [1.807, 2.05) is 12.1 Å². The minimum Gasteiger partial charge on any atom is -0.356 e. The molecule has 3 heterocycles. The molecule has 3 aliphatic rings. The van der Waals surface area contributed by atoms with E-state index in [1.54, 1.807) is 6.07 Å². The van der Waals surface area contributed by atoms with E-state index in [-0.39, 0.29) is 5.41 Å². The summed E-state index contributed by atoms with van der Waals surface area (Å²) in [6.45, 7) is 3.79. The number of aromatic nitrogens is 1. The van der Waals surface area contributed by atoms with E-state index in [1.165, 1.54) is 19.3 Å². The number of pyridine rings is 1. The molecule has 1 aromatic rings. The van der Waals surface area contributed by atoms with Crippen LogP contribution in [-0.4, -0.2) is 42.0 Å². The van der Waals surface area contributed by atoms with Crippen molar-refractivity contribution < 1.29 is 4.79 Å². The van der Waals surface area contributed by atoms with Crippen LogP contribution in [-0.2, 0) is 4.79 Å². The highest BCUT2D eigenvalue weighted by Gasteiger charge is 2.43.